The summed E-state index contributed by atoms with van der Waals surface area (Å²) >= 11 is 0. The van der Waals surface area contributed by atoms with Crippen LogP contribution in [-0.2, 0) is 12.0 Å². The molecule has 0 unspecified atom stereocenters. The van der Waals surface area contributed by atoms with Gasteiger partial charge in [0.05, 0.1) is 5.69 Å². The van der Waals surface area contributed by atoms with Gasteiger partial charge < -0.3 is 5.73 Å². The van der Waals surface area contributed by atoms with Crippen LogP contribution in [0, 0.1) is 5.92 Å². The first-order chi connectivity index (χ1) is 6.30. The van der Waals surface area contributed by atoms with Crippen molar-refractivity contribution >= 4 is 5.82 Å². The zero-order valence-corrected chi connectivity index (χ0v) is 9.83. The lowest BCUT2D eigenvalue weighted by Crippen LogP contribution is -2.14. The molecule has 0 bridgehead atoms. The van der Waals surface area contributed by atoms with E-state index in [0.717, 1.165) is 18.1 Å². The molecule has 0 aliphatic heterocycles. The summed E-state index contributed by atoms with van der Waals surface area (Å²) < 4.78 is 1.89. The van der Waals surface area contributed by atoms with Crippen LogP contribution in [0.2, 0.25) is 0 Å². The van der Waals surface area contributed by atoms with Gasteiger partial charge in [-0.3, -0.25) is 0 Å². The quantitative estimate of drug-likeness (QED) is 0.787. The molecule has 0 aliphatic rings. The molecule has 80 valence electrons. The maximum atomic E-state index is 5.89. The van der Waals surface area contributed by atoms with E-state index in [2.05, 4.69) is 39.7 Å². The standard InChI is InChI=1S/C11H21N3/c1-8(2)7-14-10(12)6-9(13-14)11(3,4)5/h6,8H,7,12H2,1-5H3. The monoisotopic (exact) mass is 195 g/mol. The normalized spacial score (nSPS) is 12.4. The molecule has 0 atom stereocenters. The third kappa shape index (κ3) is 2.50. The summed E-state index contributed by atoms with van der Waals surface area (Å²) in [4.78, 5) is 0. The Morgan fingerprint density at radius 2 is 2.00 bits per heavy atom. The van der Waals surface area contributed by atoms with Gasteiger partial charge in [0.15, 0.2) is 0 Å². The molecule has 1 aromatic rings. The molecule has 14 heavy (non-hydrogen) atoms. The van der Waals surface area contributed by atoms with Crippen molar-refractivity contribution in [3.05, 3.63) is 11.8 Å². The van der Waals surface area contributed by atoms with Crippen molar-refractivity contribution < 1.29 is 0 Å². The van der Waals surface area contributed by atoms with E-state index in [4.69, 9.17) is 5.73 Å². The van der Waals surface area contributed by atoms with E-state index in [9.17, 15) is 0 Å². The number of aromatic nitrogens is 2. The second-order valence-electron chi connectivity index (χ2n) is 5.28. The van der Waals surface area contributed by atoms with Gasteiger partial charge in [0.1, 0.15) is 5.82 Å². The van der Waals surface area contributed by atoms with Gasteiger partial charge in [-0.15, -0.1) is 0 Å². The number of hydrogen-bond donors (Lipinski definition) is 1. The zero-order chi connectivity index (χ0) is 10.9. The van der Waals surface area contributed by atoms with Crippen LogP contribution in [0.3, 0.4) is 0 Å². The van der Waals surface area contributed by atoms with E-state index in [-0.39, 0.29) is 5.41 Å². The highest BCUT2D eigenvalue weighted by Crippen LogP contribution is 2.22. The smallest absolute Gasteiger partial charge is 0.121 e. The summed E-state index contributed by atoms with van der Waals surface area (Å²) in [6.07, 6.45) is 0. The highest BCUT2D eigenvalue weighted by molar-refractivity contribution is 5.33. The molecule has 0 aliphatic carbocycles. The maximum absolute atomic E-state index is 5.89. The van der Waals surface area contributed by atoms with Crippen molar-refractivity contribution in [1.29, 1.82) is 0 Å². The number of nitrogens with two attached hydrogens (primary N) is 1. The number of nitrogens with zero attached hydrogens (tertiary/aromatic N) is 2. The molecule has 1 aromatic heterocycles. The Balaban J connectivity index is 2.94. The van der Waals surface area contributed by atoms with Gasteiger partial charge in [0.25, 0.3) is 0 Å². The van der Waals surface area contributed by atoms with Gasteiger partial charge in [-0.2, -0.15) is 5.10 Å². The molecular formula is C11H21N3. The molecule has 3 heteroatoms. The van der Waals surface area contributed by atoms with E-state index in [0.29, 0.717) is 5.92 Å². The van der Waals surface area contributed by atoms with E-state index in [1.165, 1.54) is 0 Å². The fourth-order valence-electron chi connectivity index (χ4n) is 1.29. The van der Waals surface area contributed by atoms with Crippen molar-refractivity contribution in [1.82, 2.24) is 9.78 Å². The lowest BCUT2D eigenvalue weighted by atomic mass is 9.92. The summed E-state index contributed by atoms with van der Waals surface area (Å²) in [5.41, 5.74) is 7.03. The molecule has 0 saturated carbocycles. The second kappa shape index (κ2) is 3.64. The molecule has 0 radical (unpaired) electrons. The Morgan fingerprint density at radius 3 is 2.36 bits per heavy atom. The molecule has 0 fully saturated rings. The predicted molar refractivity (Wildman–Crippen MR) is 60.2 cm³/mol. The maximum Gasteiger partial charge on any atom is 0.121 e. The summed E-state index contributed by atoms with van der Waals surface area (Å²) in [5, 5.41) is 4.51. The molecular weight excluding hydrogens is 174 g/mol. The van der Waals surface area contributed by atoms with Gasteiger partial charge in [-0.25, -0.2) is 4.68 Å². The molecule has 0 amide bonds. The van der Waals surface area contributed by atoms with Crippen molar-refractivity contribution in [2.24, 2.45) is 5.92 Å². The minimum atomic E-state index is 0.0797. The average molecular weight is 195 g/mol. The summed E-state index contributed by atoms with van der Waals surface area (Å²) in [7, 11) is 0. The molecule has 1 rings (SSSR count). The van der Waals surface area contributed by atoms with Crippen LogP contribution in [0.25, 0.3) is 0 Å². The SMILES string of the molecule is CC(C)Cn1nc(C(C)(C)C)cc1N. The minimum Gasteiger partial charge on any atom is -0.384 e. The second-order valence-corrected chi connectivity index (χ2v) is 5.28. The minimum absolute atomic E-state index is 0.0797. The highest BCUT2D eigenvalue weighted by atomic mass is 15.3. The van der Waals surface area contributed by atoms with Crippen LogP contribution in [-0.4, -0.2) is 9.78 Å². The van der Waals surface area contributed by atoms with Crippen LogP contribution in [0.15, 0.2) is 6.07 Å². The first-order valence-corrected chi connectivity index (χ1v) is 5.14. The van der Waals surface area contributed by atoms with Crippen LogP contribution in [0.4, 0.5) is 5.82 Å². The molecule has 3 nitrogen and oxygen atoms in total. The number of rotatable bonds is 2. The Morgan fingerprint density at radius 1 is 1.43 bits per heavy atom. The highest BCUT2D eigenvalue weighted by Gasteiger charge is 2.18. The van der Waals surface area contributed by atoms with Gasteiger partial charge in [-0.05, 0) is 5.92 Å². The Hall–Kier alpha value is -0.990. The number of anilines is 1. The molecule has 0 saturated heterocycles. The van der Waals surface area contributed by atoms with Crippen LogP contribution < -0.4 is 5.73 Å². The number of hydrogen-bond acceptors (Lipinski definition) is 2. The van der Waals surface area contributed by atoms with E-state index >= 15 is 0 Å². The van der Waals surface area contributed by atoms with Gasteiger partial charge in [0, 0.05) is 18.0 Å². The fourth-order valence-corrected chi connectivity index (χ4v) is 1.29. The largest absolute Gasteiger partial charge is 0.384 e. The fraction of sp³-hybridized carbons (Fsp3) is 0.727. The van der Waals surface area contributed by atoms with Crippen molar-refractivity contribution in [3.63, 3.8) is 0 Å². The summed E-state index contributed by atoms with van der Waals surface area (Å²) in [6.45, 7) is 11.7. The Labute approximate surface area is 86.3 Å². The van der Waals surface area contributed by atoms with Crippen molar-refractivity contribution in [2.75, 3.05) is 5.73 Å². The first-order valence-electron chi connectivity index (χ1n) is 5.14. The lowest BCUT2D eigenvalue weighted by molar-refractivity contribution is 0.469. The van der Waals surface area contributed by atoms with Crippen LogP contribution in [0.5, 0.6) is 0 Å². The zero-order valence-electron chi connectivity index (χ0n) is 9.83. The van der Waals surface area contributed by atoms with Gasteiger partial charge in [-0.1, -0.05) is 34.6 Å². The Kier molecular flexibility index (Phi) is 2.88. The van der Waals surface area contributed by atoms with Crippen molar-refractivity contribution in [3.8, 4) is 0 Å². The van der Waals surface area contributed by atoms with E-state index < -0.39 is 0 Å². The predicted octanol–water partition coefficient (Wildman–Crippen LogP) is 2.42. The topological polar surface area (TPSA) is 43.8 Å². The number of nitrogen functional groups attached to an aromatic ring is 1. The molecule has 0 spiro atoms. The lowest BCUT2D eigenvalue weighted by Gasteiger charge is -2.14. The Bertz CT molecular complexity index is 305. The van der Waals surface area contributed by atoms with Crippen molar-refractivity contribution in [2.45, 2.75) is 46.6 Å². The van der Waals surface area contributed by atoms with Gasteiger partial charge >= 0.3 is 0 Å². The third-order valence-corrected chi connectivity index (χ3v) is 2.12. The molecule has 1 heterocycles. The summed E-state index contributed by atoms with van der Waals surface area (Å²) in [6, 6.07) is 1.97. The van der Waals surface area contributed by atoms with E-state index in [1.807, 2.05) is 10.7 Å². The average Bonchev–Trinajstić information content (AvgIpc) is 2.30. The van der Waals surface area contributed by atoms with E-state index in [1.54, 1.807) is 0 Å². The molecule has 0 aromatic carbocycles. The summed E-state index contributed by atoms with van der Waals surface area (Å²) in [5.74, 6) is 1.34. The first kappa shape index (κ1) is 11.1. The third-order valence-electron chi connectivity index (χ3n) is 2.12. The molecule has 2 N–H and O–H groups in total. The van der Waals surface area contributed by atoms with Crippen LogP contribution >= 0.6 is 0 Å². The van der Waals surface area contributed by atoms with Crippen LogP contribution in [0.1, 0.15) is 40.3 Å². The van der Waals surface area contributed by atoms with Gasteiger partial charge in [0.2, 0.25) is 0 Å².